The fraction of sp³-hybridized carbons (Fsp3) is 0.818. The zero-order valence-electron chi connectivity index (χ0n) is 10.8. The van der Waals surface area contributed by atoms with Gasteiger partial charge in [0.2, 0.25) is 0 Å². The molecule has 0 saturated heterocycles. The third kappa shape index (κ3) is 7.10. The molecule has 0 saturated carbocycles. The molecule has 6 heteroatoms. The van der Waals surface area contributed by atoms with Crippen molar-refractivity contribution in [1.29, 1.82) is 0 Å². The van der Waals surface area contributed by atoms with E-state index in [1.165, 1.54) is 0 Å². The Labute approximate surface area is 107 Å². The monoisotopic (exact) mass is 262 g/mol. The summed E-state index contributed by atoms with van der Waals surface area (Å²) in [6, 6.07) is -1.24. The number of carboxylic acid groups (broad SMARTS) is 1. The molecule has 17 heavy (non-hydrogen) atoms. The Morgan fingerprint density at radius 1 is 1.24 bits per heavy atom. The highest BCUT2D eigenvalue weighted by molar-refractivity contribution is 7.99. The van der Waals surface area contributed by atoms with Gasteiger partial charge in [0.1, 0.15) is 6.04 Å². The Balaban J connectivity index is 4.10. The topological polar surface area (TPSA) is 78.4 Å². The van der Waals surface area contributed by atoms with Crippen molar-refractivity contribution in [3.8, 4) is 0 Å². The summed E-state index contributed by atoms with van der Waals surface area (Å²) in [5, 5.41) is 14.1. The second kappa shape index (κ2) is 8.22. The maximum absolute atomic E-state index is 11.5. The molecule has 0 aromatic rings. The van der Waals surface area contributed by atoms with E-state index in [2.05, 4.69) is 17.6 Å². The standard InChI is InChI=1S/C11H22N2O3S/c1-5-17-6-8(4)12-11(16)13-9(7(2)3)10(14)15/h7-9H,5-6H2,1-4H3,(H,14,15)(H2,12,13,16)/t8?,9-/m0/s1. The Hall–Kier alpha value is -0.910. The molecule has 1 unspecified atom stereocenters. The Bertz CT molecular complexity index is 259. The second-order valence-corrected chi connectivity index (χ2v) is 5.56. The van der Waals surface area contributed by atoms with Crippen LogP contribution in [0.3, 0.4) is 0 Å². The van der Waals surface area contributed by atoms with Gasteiger partial charge in [0.25, 0.3) is 0 Å². The summed E-state index contributed by atoms with van der Waals surface area (Å²) in [7, 11) is 0. The van der Waals surface area contributed by atoms with Gasteiger partial charge in [0.15, 0.2) is 0 Å². The van der Waals surface area contributed by atoms with Gasteiger partial charge in [-0.1, -0.05) is 20.8 Å². The SMILES string of the molecule is CCSCC(C)NC(=O)N[C@H](C(=O)O)C(C)C. The molecule has 0 aromatic heterocycles. The van der Waals surface area contributed by atoms with E-state index < -0.39 is 18.0 Å². The summed E-state index contributed by atoms with van der Waals surface area (Å²) < 4.78 is 0. The molecule has 2 atom stereocenters. The lowest BCUT2D eigenvalue weighted by Crippen LogP contribution is -2.50. The van der Waals surface area contributed by atoms with Crippen LogP contribution in [0, 0.1) is 5.92 Å². The van der Waals surface area contributed by atoms with Crippen LogP contribution in [0.25, 0.3) is 0 Å². The fourth-order valence-electron chi connectivity index (χ4n) is 1.26. The van der Waals surface area contributed by atoms with Crippen molar-refractivity contribution in [1.82, 2.24) is 10.6 Å². The van der Waals surface area contributed by atoms with Crippen molar-refractivity contribution >= 4 is 23.8 Å². The number of urea groups is 1. The van der Waals surface area contributed by atoms with Crippen LogP contribution in [-0.2, 0) is 4.79 Å². The first-order valence-electron chi connectivity index (χ1n) is 5.76. The van der Waals surface area contributed by atoms with Gasteiger partial charge >= 0.3 is 12.0 Å². The molecule has 0 radical (unpaired) electrons. The summed E-state index contributed by atoms with van der Waals surface area (Å²) in [4.78, 5) is 22.4. The minimum Gasteiger partial charge on any atom is -0.480 e. The van der Waals surface area contributed by atoms with E-state index >= 15 is 0 Å². The molecule has 0 bridgehead atoms. The van der Waals surface area contributed by atoms with Crippen LogP contribution in [0.2, 0.25) is 0 Å². The van der Waals surface area contributed by atoms with Gasteiger partial charge < -0.3 is 15.7 Å². The minimum absolute atomic E-state index is 0.0292. The number of carbonyl (C=O) groups excluding carboxylic acids is 1. The number of rotatable bonds is 7. The summed E-state index contributed by atoms with van der Waals surface area (Å²) in [6.07, 6.45) is 0. The van der Waals surface area contributed by atoms with Crippen LogP contribution >= 0.6 is 11.8 Å². The first-order chi connectivity index (χ1) is 7.88. The molecule has 0 spiro atoms. The Morgan fingerprint density at radius 3 is 2.24 bits per heavy atom. The Kier molecular flexibility index (Phi) is 7.78. The second-order valence-electron chi connectivity index (χ2n) is 4.24. The van der Waals surface area contributed by atoms with Crippen molar-refractivity contribution in [2.45, 2.75) is 39.8 Å². The van der Waals surface area contributed by atoms with Gasteiger partial charge in [-0.2, -0.15) is 11.8 Å². The van der Waals surface area contributed by atoms with E-state index in [0.717, 1.165) is 11.5 Å². The van der Waals surface area contributed by atoms with Crippen molar-refractivity contribution < 1.29 is 14.7 Å². The van der Waals surface area contributed by atoms with Gasteiger partial charge in [-0.3, -0.25) is 0 Å². The number of nitrogens with one attached hydrogen (secondary N) is 2. The molecule has 0 aromatic carbocycles. The number of hydrogen-bond donors (Lipinski definition) is 3. The summed E-state index contributed by atoms with van der Waals surface area (Å²) in [5.41, 5.74) is 0. The minimum atomic E-state index is -1.01. The lowest BCUT2D eigenvalue weighted by Gasteiger charge is -2.20. The lowest BCUT2D eigenvalue weighted by atomic mass is 10.1. The average Bonchev–Trinajstić information content (AvgIpc) is 2.22. The average molecular weight is 262 g/mol. The number of amides is 2. The molecule has 3 N–H and O–H groups in total. The smallest absolute Gasteiger partial charge is 0.326 e. The van der Waals surface area contributed by atoms with Gasteiger partial charge in [-0.15, -0.1) is 0 Å². The number of hydrogen-bond acceptors (Lipinski definition) is 3. The Morgan fingerprint density at radius 2 is 1.82 bits per heavy atom. The zero-order chi connectivity index (χ0) is 13.4. The fourth-order valence-corrected chi connectivity index (χ4v) is 1.93. The van der Waals surface area contributed by atoms with Crippen LogP contribution in [0.4, 0.5) is 4.79 Å². The largest absolute Gasteiger partial charge is 0.480 e. The van der Waals surface area contributed by atoms with Gasteiger partial charge in [0.05, 0.1) is 0 Å². The lowest BCUT2D eigenvalue weighted by molar-refractivity contribution is -0.140. The van der Waals surface area contributed by atoms with Gasteiger partial charge in [0, 0.05) is 11.8 Å². The molecule has 100 valence electrons. The molecule has 2 amide bonds. The van der Waals surface area contributed by atoms with Crippen LogP contribution < -0.4 is 10.6 Å². The molecular formula is C11H22N2O3S. The van der Waals surface area contributed by atoms with Crippen molar-refractivity contribution in [3.05, 3.63) is 0 Å². The van der Waals surface area contributed by atoms with E-state index in [4.69, 9.17) is 5.11 Å². The van der Waals surface area contributed by atoms with Crippen LogP contribution in [-0.4, -0.2) is 40.7 Å². The predicted molar refractivity (Wildman–Crippen MR) is 70.4 cm³/mol. The van der Waals surface area contributed by atoms with E-state index in [9.17, 15) is 9.59 Å². The number of carbonyl (C=O) groups is 2. The summed E-state index contributed by atoms with van der Waals surface area (Å²) >= 11 is 1.73. The van der Waals surface area contributed by atoms with Crippen LogP contribution in [0.15, 0.2) is 0 Å². The van der Waals surface area contributed by atoms with E-state index in [1.54, 1.807) is 25.6 Å². The number of aliphatic carboxylic acids is 1. The van der Waals surface area contributed by atoms with Crippen molar-refractivity contribution in [2.75, 3.05) is 11.5 Å². The van der Waals surface area contributed by atoms with E-state index in [0.29, 0.717) is 0 Å². The molecule has 5 nitrogen and oxygen atoms in total. The van der Waals surface area contributed by atoms with Gasteiger partial charge in [-0.25, -0.2) is 9.59 Å². The first kappa shape index (κ1) is 16.1. The molecule has 0 aliphatic rings. The molecule has 0 rings (SSSR count). The quantitative estimate of drug-likeness (QED) is 0.650. The highest BCUT2D eigenvalue weighted by Gasteiger charge is 2.23. The molecule has 0 aliphatic carbocycles. The third-order valence-electron chi connectivity index (χ3n) is 2.17. The van der Waals surface area contributed by atoms with E-state index in [1.807, 2.05) is 6.92 Å². The number of carboxylic acids is 1. The number of thioether (sulfide) groups is 1. The predicted octanol–water partition coefficient (Wildman–Crippen LogP) is 1.54. The first-order valence-corrected chi connectivity index (χ1v) is 6.91. The maximum Gasteiger partial charge on any atom is 0.326 e. The zero-order valence-corrected chi connectivity index (χ0v) is 11.6. The summed E-state index contributed by atoms with van der Waals surface area (Å²) in [6.45, 7) is 7.47. The highest BCUT2D eigenvalue weighted by atomic mass is 32.2. The normalized spacial score (nSPS) is 14.2. The van der Waals surface area contributed by atoms with Crippen LogP contribution in [0.1, 0.15) is 27.7 Å². The maximum atomic E-state index is 11.5. The summed E-state index contributed by atoms with van der Waals surface area (Å²) in [5.74, 6) is 0.671. The molecular weight excluding hydrogens is 240 g/mol. The van der Waals surface area contributed by atoms with Crippen molar-refractivity contribution in [3.63, 3.8) is 0 Å². The third-order valence-corrected chi connectivity index (χ3v) is 3.31. The molecule has 0 aliphatic heterocycles. The highest BCUT2D eigenvalue weighted by Crippen LogP contribution is 2.03. The van der Waals surface area contributed by atoms with Crippen LogP contribution in [0.5, 0.6) is 0 Å². The van der Waals surface area contributed by atoms with E-state index in [-0.39, 0.29) is 12.0 Å². The van der Waals surface area contributed by atoms with Gasteiger partial charge in [-0.05, 0) is 18.6 Å². The van der Waals surface area contributed by atoms with Crippen molar-refractivity contribution in [2.24, 2.45) is 5.92 Å². The molecule has 0 fully saturated rings. The molecule has 0 heterocycles.